The number of hydrogen-bond acceptors (Lipinski definition) is 4. The maximum atomic E-state index is 12.7. The normalized spacial score (nSPS) is 36.3. The Morgan fingerprint density at radius 2 is 2.14 bits per heavy atom. The van der Waals surface area contributed by atoms with Gasteiger partial charge in [-0.2, -0.15) is 0 Å². The number of aliphatic hydroxyl groups excluding tert-OH is 1. The minimum atomic E-state index is -0.569. The maximum Gasteiger partial charge on any atom is 0.308 e. The Morgan fingerprint density at radius 1 is 1.36 bits per heavy atom. The van der Waals surface area contributed by atoms with Crippen LogP contribution in [0.5, 0.6) is 0 Å². The lowest BCUT2D eigenvalue weighted by Gasteiger charge is -2.43. The van der Waals surface area contributed by atoms with Crippen molar-refractivity contribution in [2.24, 2.45) is 29.6 Å². The van der Waals surface area contributed by atoms with E-state index in [-0.39, 0.29) is 24.4 Å². The van der Waals surface area contributed by atoms with Gasteiger partial charge in [0.05, 0.1) is 12.5 Å². The zero-order valence-corrected chi connectivity index (χ0v) is 17.6. The number of ketones is 1. The molecular formula is C24H36O4. The van der Waals surface area contributed by atoms with Crippen LogP contribution < -0.4 is 0 Å². The Hall–Kier alpha value is -1.42. The summed E-state index contributed by atoms with van der Waals surface area (Å²) in [6, 6.07) is 0. The second-order valence-electron chi connectivity index (χ2n) is 9.21. The summed E-state index contributed by atoms with van der Waals surface area (Å²) in [4.78, 5) is 24.3. The van der Waals surface area contributed by atoms with E-state index in [1.54, 1.807) is 0 Å². The van der Waals surface area contributed by atoms with Crippen molar-refractivity contribution >= 4 is 11.8 Å². The van der Waals surface area contributed by atoms with E-state index in [2.05, 4.69) is 32.1 Å². The van der Waals surface area contributed by atoms with Gasteiger partial charge in [-0.25, -0.2) is 0 Å². The molecule has 2 aliphatic carbocycles. The number of carbonyl (C=O) groups is 2. The minimum absolute atomic E-state index is 0.119. The molecule has 7 atom stereocenters. The molecule has 0 amide bonds. The zero-order chi connectivity index (χ0) is 20.3. The minimum Gasteiger partial charge on any atom is -0.462 e. The van der Waals surface area contributed by atoms with E-state index in [0.717, 1.165) is 32.1 Å². The van der Waals surface area contributed by atoms with Crippen molar-refractivity contribution in [1.82, 2.24) is 0 Å². The molecule has 1 fully saturated rings. The molecule has 0 saturated carbocycles. The molecule has 156 valence electrons. The second-order valence-corrected chi connectivity index (χ2v) is 9.21. The van der Waals surface area contributed by atoms with Crippen molar-refractivity contribution in [2.75, 3.05) is 0 Å². The van der Waals surface area contributed by atoms with Gasteiger partial charge < -0.3 is 9.84 Å². The third-order valence-corrected chi connectivity index (χ3v) is 7.22. The van der Waals surface area contributed by atoms with Gasteiger partial charge in [-0.1, -0.05) is 39.0 Å². The molecule has 1 heterocycles. The van der Waals surface area contributed by atoms with Crippen molar-refractivity contribution < 1.29 is 19.4 Å². The lowest BCUT2D eigenvalue weighted by molar-refractivity contribution is -0.160. The summed E-state index contributed by atoms with van der Waals surface area (Å²) in [5.74, 6) is 2.02. The van der Waals surface area contributed by atoms with E-state index in [1.165, 1.54) is 5.57 Å². The molecule has 0 aromatic carbocycles. The number of allylic oxidation sites excluding steroid dienone is 4. The predicted octanol–water partition coefficient (Wildman–Crippen LogP) is 4.61. The first kappa shape index (κ1) is 21.3. The lowest BCUT2D eigenvalue weighted by Crippen LogP contribution is -2.37. The van der Waals surface area contributed by atoms with Crippen LogP contribution >= 0.6 is 0 Å². The van der Waals surface area contributed by atoms with E-state index in [4.69, 9.17) is 4.74 Å². The molecule has 1 unspecified atom stereocenters. The fourth-order valence-electron chi connectivity index (χ4n) is 5.34. The molecule has 28 heavy (non-hydrogen) atoms. The van der Waals surface area contributed by atoms with Crippen molar-refractivity contribution in [2.45, 2.75) is 84.3 Å². The van der Waals surface area contributed by atoms with Gasteiger partial charge in [0.15, 0.2) is 0 Å². The molecule has 1 aliphatic heterocycles. The first-order chi connectivity index (χ1) is 13.4. The van der Waals surface area contributed by atoms with Crippen molar-refractivity contribution in [3.8, 4) is 0 Å². The van der Waals surface area contributed by atoms with E-state index in [0.29, 0.717) is 42.3 Å². The van der Waals surface area contributed by atoms with Gasteiger partial charge in [0.1, 0.15) is 11.9 Å². The molecule has 1 N–H and O–H groups in total. The standard InChI is InChI=1S/C24H36O4/c1-4-15(2)22(26)12-18-7-5-6-17-9-8-16(3)21(24(17)18)11-10-20-13-19(25)14-23(27)28-20/h6,8-9,15-16,18-21,24-25H,4-5,7,10-14H2,1-3H3/t15-,16-,18+,19+,20?,21-,24+/m0/s1. The summed E-state index contributed by atoms with van der Waals surface area (Å²) < 4.78 is 5.47. The average molecular weight is 389 g/mol. The molecule has 0 radical (unpaired) electrons. The molecule has 0 aromatic heterocycles. The van der Waals surface area contributed by atoms with Crippen LogP contribution in [0.1, 0.15) is 72.1 Å². The fourth-order valence-corrected chi connectivity index (χ4v) is 5.34. The summed E-state index contributed by atoms with van der Waals surface area (Å²) in [6.07, 6.45) is 12.4. The maximum absolute atomic E-state index is 12.7. The first-order valence-corrected chi connectivity index (χ1v) is 11.2. The Balaban J connectivity index is 1.70. The lowest BCUT2D eigenvalue weighted by atomic mass is 9.62. The van der Waals surface area contributed by atoms with E-state index < -0.39 is 6.10 Å². The smallest absolute Gasteiger partial charge is 0.308 e. The molecule has 4 heteroatoms. The van der Waals surface area contributed by atoms with Crippen LogP contribution in [0.25, 0.3) is 0 Å². The summed E-state index contributed by atoms with van der Waals surface area (Å²) in [6.45, 7) is 6.40. The van der Waals surface area contributed by atoms with Gasteiger partial charge in [0, 0.05) is 18.8 Å². The van der Waals surface area contributed by atoms with Crippen molar-refractivity contribution in [3.63, 3.8) is 0 Å². The zero-order valence-electron chi connectivity index (χ0n) is 17.6. The monoisotopic (exact) mass is 388 g/mol. The van der Waals surface area contributed by atoms with Gasteiger partial charge in [-0.05, 0) is 61.3 Å². The summed E-state index contributed by atoms with van der Waals surface area (Å²) in [5.41, 5.74) is 1.40. The van der Waals surface area contributed by atoms with Crippen LogP contribution in [0.15, 0.2) is 23.8 Å². The van der Waals surface area contributed by atoms with Crippen molar-refractivity contribution in [3.05, 3.63) is 23.8 Å². The SMILES string of the molecule is CC[C@H](C)C(=O)C[C@H]1CCC=C2C=C[C@H](C)[C@H](CCC3C[C@@H](O)CC(=O)O3)[C@H]21. The first-order valence-electron chi connectivity index (χ1n) is 11.2. The van der Waals surface area contributed by atoms with Gasteiger partial charge in [0.2, 0.25) is 0 Å². The number of Topliss-reactive ketones (excluding diaryl/α,β-unsaturated/α-hetero) is 1. The Bertz CT molecular complexity index is 635. The van der Waals surface area contributed by atoms with Gasteiger partial charge in [-0.3, -0.25) is 9.59 Å². The molecule has 3 rings (SSSR count). The fraction of sp³-hybridized carbons (Fsp3) is 0.750. The van der Waals surface area contributed by atoms with Crippen LogP contribution in [0.3, 0.4) is 0 Å². The van der Waals surface area contributed by atoms with Gasteiger partial charge in [0.25, 0.3) is 0 Å². The number of esters is 1. The Labute approximate surface area is 169 Å². The van der Waals surface area contributed by atoms with Gasteiger partial charge >= 0.3 is 5.97 Å². The highest BCUT2D eigenvalue weighted by atomic mass is 16.5. The van der Waals surface area contributed by atoms with Crippen LogP contribution in [0.4, 0.5) is 0 Å². The number of cyclic esters (lactones) is 1. The summed E-state index contributed by atoms with van der Waals surface area (Å²) in [5, 5.41) is 9.88. The molecule has 0 aromatic rings. The average Bonchev–Trinajstić information content (AvgIpc) is 2.66. The third kappa shape index (κ3) is 4.94. The number of aliphatic hydroxyl groups is 1. The van der Waals surface area contributed by atoms with Crippen LogP contribution in [0.2, 0.25) is 0 Å². The Morgan fingerprint density at radius 3 is 2.86 bits per heavy atom. The predicted molar refractivity (Wildman–Crippen MR) is 110 cm³/mol. The van der Waals surface area contributed by atoms with Gasteiger partial charge in [-0.15, -0.1) is 0 Å². The van der Waals surface area contributed by atoms with E-state index >= 15 is 0 Å². The summed E-state index contributed by atoms with van der Waals surface area (Å²) >= 11 is 0. The molecule has 4 nitrogen and oxygen atoms in total. The number of rotatable bonds is 7. The molecule has 0 bridgehead atoms. The quantitative estimate of drug-likeness (QED) is 0.647. The third-order valence-electron chi connectivity index (χ3n) is 7.22. The van der Waals surface area contributed by atoms with E-state index in [1.807, 2.05) is 6.92 Å². The number of fused-ring (bicyclic) bond motifs is 1. The van der Waals surface area contributed by atoms with Crippen LogP contribution in [-0.4, -0.2) is 29.1 Å². The molecule has 3 aliphatic rings. The number of hydrogen-bond donors (Lipinski definition) is 1. The second kappa shape index (κ2) is 9.39. The van der Waals surface area contributed by atoms with Crippen LogP contribution in [0, 0.1) is 29.6 Å². The summed E-state index contributed by atoms with van der Waals surface area (Å²) in [7, 11) is 0. The number of ether oxygens (including phenoxy) is 1. The number of carbonyl (C=O) groups excluding carboxylic acids is 2. The highest BCUT2D eigenvalue weighted by Crippen LogP contribution is 2.47. The van der Waals surface area contributed by atoms with Crippen LogP contribution in [-0.2, 0) is 14.3 Å². The Kier molecular flexibility index (Phi) is 7.14. The molecular weight excluding hydrogens is 352 g/mol. The van der Waals surface area contributed by atoms with Crippen molar-refractivity contribution in [1.29, 1.82) is 0 Å². The largest absolute Gasteiger partial charge is 0.462 e. The highest BCUT2D eigenvalue weighted by Gasteiger charge is 2.39. The highest BCUT2D eigenvalue weighted by molar-refractivity contribution is 5.81. The molecule has 1 saturated heterocycles. The topological polar surface area (TPSA) is 63.6 Å². The molecule has 0 spiro atoms. The van der Waals surface area contributed by atoms with E-state index in [9.17, 15) is 14.7 Å².